The third-order valence-electron chi connectivity index (χ3n) is 7.53. The molecular weight excluding hydrogens is 452 g/mol. The second-order valence-electron chi connectivity index (χ2n) is 9.68. The van der Waals surface area contributed by atoms with E-state index in [0.29, 0.717) is 0 Å². The van der Waals surface area contributed by atoms with E-state index in [2.05, 4.69) is 125 Å². The van der Waals surface area contributed by atoms with Gasteiger partial charge in [0.2, 0.25) is 0 Å². The zero-order valence-electron chi connectivity index (χ0n) is 20.1. The van der Waals surface area contributed by atoms with E-state index < -0.39 is 0 Å². The fourth-order valence-electron chi connectivity index (χ4n) is 5.72. The van der Waals surface area contributed by atoms with Gasteiger partial charge >= 0.3 is 0 Å². The number of fused-ring (bicyclic) bond motifs is 6. The van der Waals surface area contributed by atoms with Crippen molar-refractivity contribution in [3.05, 3.63) is 139 Å². The van der Waals surface area contributed by atoms with Gasteiger partial charge in [-0.1, -0.05) is 84.9 Å². The third kappa shape index (κ3) is 3.11. The summed E-state index contributed by atoms with van der Waals surface area (Å²) in [5.41, 5.74) is 5.44. The molecule has 1 N–H and O–H groups in total. The van der Waals surface area contributed by atoms with Gasteiger partial charge < -0.3 is 4.42 Å². The van der Waals surface area contributed by atoms with Crippen molar-refractivity contribution in [2.45, 2.75) is 6.17 Å². The second-order valence-corrected chi connectivity index (χ2v) is 9.68. The van der Waals surface area contributed by atoms with E-state index in [9.17, 15) is 0 Å². The molecule has 0 spiro atoms. The lowest BCUT2D eigenvalue weighted by Gasteiger charge is -2.29. The first-order chi connectivity index (χ1) is 18.3. The Bertz CT molecular complexity index is 2020. The average Bonchev–Trinajstić information content (AvgIpc) is 3.32. The quantitative estimate of drug-likeness (QED) is 0.260. The van der Waals surface area contributed by atoms with E-state index in [0.717, 1.165) is 28.1 Å². The van der Waals surface area contributed by atoms with Crippen LogP contribution in [-0.2, 0) is 0 Å². The van der Waals surface area contributed by atoms with Gasteiger partial charge in [-0.3, -0.25) is 0 Å². The highest BCUT2D eigenvalue weighted by Crippen LogP contribution is 2.38. The fraction of sp³-hybridized carbons (Fsp3) is 0.0294. The maximum absolute atomic E-state index is 6.13. The highest BCUT2D eigenvalue weighted by Gasteiger charge is 2.40. The molecule has 7 aromatic rings. The van der Waals surface area contributed by atoms with Crippen LogP contribution < -0.4 is 5.32 Å². The van der Waals surface area contributed by atoms with Gasteiger partial charge in [-0.25, -0.2) is 5.32 Å². The lowest BCUT2D eigenvalue weighted by Crippen LogP contribution is -2.51. The second kappa shape index (κ2) is 7.81. The van der Waals surface area contributed by atoms with Gasteiger partial charge in [0.25, 0.3) is 12.0 Å². The van der Waals surface area contributed by atoms with Crippen LogP contribution >= 0.6 is 0 Å². The normalized spacial score (nSPS) is 15.4. The molecule has 1 atom stereocenters. The molecule has 0 amide bonds. The summed E-state index contributed by atoms with van der Waals surface area (Å²) in [5.74, 6) is 1.12. The highest BCUT2D eigenvalue weighted by molar-refractivity contribution is 6.19. The Morgan fingerprint density at radius 1 is 0.568 bits per heavy atom. The lowest BCUT2D eigenvalue weighted by atomic mass is 10.0. The number of para-hydroxylation sites is 1. The molecule has 8 rings (SSSR count). The van der Waals surface area contributed by atoms with Crippen LogP contribution in [-0.4, -0.2) is 10.4 Å². The monoisotopic (exact) mass is 475 g/mol. The van der Waals surface area contributed by atoms with Crippen LogP contribution in [0.15, 0.2) is 132 Å². The first-order valence-corrected chi connectivity index (χ1v) is 12.6. The minimum atomic E-state index is 0.0682. The topological polar surface area (TPSA) is 28.2 Å². The van der Waals surface area contributed by atoms with Crippen molar-refractivity contribution in [2.24, 2.45) is 0 Å². The van der Waals surface area contributed by atoms with Crippen molar-refractivity contribution in [2.75, 3.05) is 0 Å². The van der Waals surface area contributed by atoms with Gasteiger partial charge in [-0.05, 0) is 64.0 Å². The van der Waals surface area contributed by atoms with Gasteiger partial charge in [-0.2, -0.15) is 4.58 Å². The summed E-state index contributed by atoms with van der Waals surface area (Å²) in [4.78, 5) is 0. The fourth-order valence-corrected chi connectivity index (χ4v) is 5.72. The van der Waals surface area contributed by atoms with Gasteiger partial charge in [0.1, 0.15) is 16.9 Å². The maximum Gasteiger partial charge on any atom is 0.289 e. The molecule has 0 saturated carbocycles. The lowest BCUT2D eigenvalue weighted by molar-refractivity contribution is -0.531. The number of furan rings is 1. The van der Waals surface area contributed by atoms with Crippen molar-refractivity contribution in [1.29, 1.82) is 0 Å². The Labute approximate surface area is 213 Å². The van der Waals surface area contributed by atoms with Crippen LogP contribution in [0.4, 0.5) is 5.69 Å². The van der Waals surface area contributed by atoms with Crippen molar-refractivity contribution in [3.63, 3.8) is 0 Å². The standard InChI is InChI=1S/C34H22N2O/c1-2-9-23(10-3-1)33-35-34(26-15-14-22-8-4-5-11-24(22)20-26)36(33)27-17-18-28-25(21-27)16-19-31-32(28)29-12-6-7-13-30(29)37-31/h1-21,33H/p+1. The van der Waals surface area contributed by atoms with Crippen LogP contribution in [0, 0.1) is 0 Å². The highest BCUT2D eigenvalue weighted by atomic mass is 16.3. The SMILES string of the molecule is c1ccc(C2NC(c3ccc4ccccc4c3)=[N+]2c2ccc3c(ccc4oc5ccccc5c43)c2)cc1. The number of nitrogens with zero attached hydrogens (tertiary/aromatic N) is 1. The zero-order chi connectivity index (χ0) is 24.3. The number of nitrogens with one attached hydrogen (secondary N) is 1. The molecule has 0 bridgehead atoms. The molecule has 2 heterocycles. The van der Waals surface area contributed by atoms with Crippen molar-refractivity contribution in [1.82, 2.24) is 5.32 Å². The number of amidine groups is 1. The summed E-state index contributed by atoms with van der Waals surface area (Å²) < 4.78 is 8.54. The van der Waals surface area contributed by atoms with Crippen LogP contribution in [0.1, 0.15) is 17.3 Å². The molecule has 3 heteroatoms. The Morgan fingerprint density at radius 2 is 1.35 bits per heavy atom. The Hall–Kier alpha value is -4.89. The Balaban J connectivity index is 1.34. The summed E-state index contributed by atoms with van der Waals surface area (Å²) in [6.07, 6.45) is 0.0682. The third-order valence-corrected chi connectivity index (χ3v) is 7.53. The van der Waals surface area contributed by atoms with Gasteiger partial charge in [-0.15, -0.1) is 0 Å². The molecule has 1 aliphatic rings. The molecule has 6 aromatic carbocycles. The Morgan fingerprint density at radius 3 is 2.27 bits per heavy atom. The molecule has 0 radical (unpaired) electrons. The first-order valence-electron chi connectivity index (χ1n) is 12.6. The van der Waals surface area contributed by atoms with Crippen molar-refractivity contribution in [3.8, 4) is 0 Å². The van der Waals surface area contributed by atoms with Crippen LogP contribution in [0.25, 0.3) is 43.5 Å². The molecular formula is C34H23N2O+. The summed E-state index contributed by atoms with van der Waals surface area (Å²) in [6.45, 7) is 0. The number of rotatable bonds is 3. The smallest absolute Gasteiger partial charge is 0.289 e. The minimum Gasteiger partial charge on any atom is -0.456 e. The van der Waals surface area contributed by atoms with E-state index in [-0.39, 0.29) is 6.17 Å². The molecule has 174 valence electrons. The summed E-state index contributed by atoms with van der Waals surface area (Å²) in [7, 11) is 0. The van der Waals surface area contributed by atoms with Crippen LogP contribution in [0.5, 0.6) is 0 Å². The average molecular weight is 476 g/mol. The first kappa shape index (κ1) is 20.3. The van der Waals surface area contributed by atoms with E-state index in [1.54, 1.807) is 0 Å². The summed E-state index contributed by atoms with van der Waals surface area (Å²) >= 11 is 0. The summed E-state index contributed by atoms with van der Waals surface area (Å²) in [5, 5.41) is 11.0. The van der Waals surface area contributed by atoms with E-state index in [1.165, 1.54) is 38.1 Å². The van der Waals surface area contributed by atoms with Gasteiger partial charge in [0.15, 0.2) is 0 Å². The van der Waals surface area contributed by atoms with E-state index in [1.807, 2.05) is 12.1 Å². The number of hydrogen-bond acceptors (Lipinski definition) is 2. The van der Waals surface area contributed by atoms with Gasteiger partial charge in [0.05, 0.1) is 5.56 Å². The molecule has 0 fully saturated rings. The molecule has 37 heavy (non-hydrogen) atoms. The molecule has 1 unspecified atom stereocenters. The summed E-state index contributed by atoms with van der Waals surface area (Å²) in [6, 6.07) is 45.2. The number of benzene rings is 6. The van der Waals surface area contributed by atoms with Crippen LogP contribution in [0.3, 0.4) is 0 Å². The van der Waals surface area contributed by atoms with Crippen molar-refractivity contribution < 1.29 is 8.99 Å². The Kier molecular flexibility index (Phi) is 4.29. The maximum atomic E-state index is 6.13. The molecule has 1 aliphatic heterocycles. The van der Waals surface area contributed by atoms with E-state index in [4.69, 9.17) is 4.42 Å². The molecule has 1 aromatic heterocycles. The van der Waals surface area contributed by atoms with E-state index >= 15 is 0 Å². The van der Waals surface area contributed by atoms with Crippen LogP contribution in [0.2, 0.25) is 0 Å². The predicted octanol–water partition coefficient (Wildman–Crippen LogP) is 8.29. The van der Waals surface area contributed by atoms with Gasteiger partial charge in [0, 0.05) is 16.3 Å². The minimum absolute atomic E-state index is 0.0682. The molecule has 0 aliphatic carbocycles. The zero-order valence-corrected chi connectivity index (χ0v) is 20.1. The van der Waals surface area contributed by atoms with Crippen molar-refractivity contribution >= 4 is 55.0 Å². The molecule has 0 saturated heterocycles. The number of hydrogen-bond donors (Lipinski definition) is 1. The predicted molar refractivity (Wildman–Crippen MR) is 152 cm³/mol. The molecule has 3 nitrogen and oxygen atoms in total. The largest absolute Gasteiger partial charge is 0.456 e.